The number of benzene rings is 1. The SMILES string of the molecule is CCc1ccc(CC)c(C(NC)C2C3CCCC32)c1. The summed E-state index contributed by atoms with van der Waals surface area (Å²) in [5.41, 5.74) is 4.61. The van der Waals surface area contributed by atoms with Crippen molar-refractivity contribution >= 4 is 0 Å². The molecule has 1 aromatic carbocycles. The zero-order valence-electron chi connectivity index (χ0n) is 12.6. The molecule has 0 bridgehead atoms. The van der Waals surface area contributed by atoms with Gasteiger partial charge in [-0.05, 0) is 67.2 Å². The quantitative estimate of drug-likeness (QED) is 0.836. The maximum absolute atomic E-state index is 3.63. The van der Waals surface area contributed by atoms with E-state index in [-0.39, 0.29) is 0 Å². The van der Waals surface area contributed by atoms with Crippen LogP contribution in [-0.4, -0.2) is 7.05 Å². The summed E-state index contributed by atoms with van der Waals surface area (Å²) < 4.78 is 0. The molecule has 2 aliphatic rings. The molecule has 0 heterocycles. The summed E-state index contributed by atoms with van der Waals surface area (Å²) in [5.74, 6) is 2.95. The molecule has 1 aromatic rings. The highest BCUT2D eigenvalue weighted by Crippen LogP contribution is 2.62. The summed E-state index contributed by atoms with van der Waals surface area (Å²) in [6, 6.07) is 7.73. The zero-order valence-corrected chi connectivity index (χ0v) is 12.6. The molecule has 0 saturated heterocycles. The highest BCUT2D eigenvalue weighted by molar-refractivity contribution is 5.36. The first-order valence-electron chi connectivity index (χ1n) is 8.09. The van der Waals surface area contributed by atoms with Gasteiger partial charge in [-0.25, -0.2) is 0 Å². The minimum atomic E-state index is 0.594. The van der Waals surface area contributed by atoms with Crippen LogP contribution in [0, 0.1) is 17.8 Å². The predicted molar refractivity (Wildman–Crippen MR) is 81.3 cm³/mol. The van der Waals surface area contributed by atoms with Crippen molar-refractivity contribution in [2.45, 2.75) is 52.0 Å². The van der Waals surface area contributed by atoms with Crippen molar-refractivity contribution in [2.75, 3.05) is 7.05 Å². The average Bonchev–Trinajstić information content (AvgIpc) is 2.92. The second-order valence-corrected chi connectivity index (χ2v) is 6.34. The summed E-state index contributed by atoms with van der Waals surface area (Å²) >= 11 is 0. The molecule has 104 valence electrons. The van der Waals surface area contributed by atoms with E-state index < -0.39 is 0 Å². The summed E-state index contributed by atoms with van der Waals surface area (Å²) in [6.07, 6.45) is 6.72. The van der Waals surface area contributed by atoms with E-state index in [9.17, 15) is 0 Å². The highest BCUT2D eigenvalue weighted by Gasteiger charge is 2.55. The third-order valence-corrected chi connectivity index (χ3v) is 5.50. The van der Waals surface area contributed by atoms with Gasteiger partial charge in [0.2, 0.25) is 0 Å². The van der Waals surface area contributed by atoms with E-state index in [0.29, 0.717) is 6.04 Å². The maximum Gasteiger partial charge on any atom is 0.0354 e. The van der Waals surface area contributed by atoms with E-state index in [1.807, 2.05) is 0 Å². The Morgan fingerprint density at radius 3 is 2.47 bits per heavy atom. The summed E-state index contributed by atoms with van der Waals surface area (Å²) in [5, 5.41) is 3.63. The second-order valence-electron chi connectivity index (χ2n) is 6.34. The molecule has 3 rings (SSSR count). The molecule has 19 heavy (non-hydrogen) atoms. The molecule has 0 spiro atoms. The lowest BCUT2D eigenvalue weighted by atomic mass is 9.90. The van der Waals surface area contributed by atoms with E-state index in [1.54, 1.807) is 11.1 Å². The van der Waals surface area contributed by atoms with Gasteiger partial charge in [-0.3, -0.25) is 0 Å². The molecular weight excluding hydrogens is 230 g/mol. The second kappa shape index (κ2) is 5.28. The Morgan fingerprint density at radius 1 is 1.16 bits per heavy atom. The topological polar surface area (TPSA) is 12.0 Å². The zero-order chi connectivity index (χ0) is 13.4. The minimum Gasteiger partial charge on any atom is -0.313 e. The van der Waals surface area contributed by atoms with E-state index >= 15 is 0 Å². The number of aryl methyl sites for hydroxylation is 2. The van der Waals surface area contributed by atoms with Crippen LogP contribution in [0.25, 0.3) is 0 Å². The van der Waals surface area contributed by atoms with Crippen molar-refractivity contribution in [3.8, 4) is 0 Å². The number of hydrogen-bond acceptors (Lipinski definition) is 1. The smallest absolute Gasteiger partial charge is 0.0354 e. The van der Waals surface area contributed by atoms with Crippen molar-refractivity contribution < 1.29 is 0 Å². The summed E-state index contributed by atoms with van der Waals surface area (Å²) in [4.78, 5) is 0. The number of nitrogens with one attached hydrogen (secondary N) is 1. The van der Waals surface area contributed by atoms with Gasteiger partial charge in [0.05, 0.1) is 0 Å². The van der Waals surface area contributed by atoms with Crippen LogP contribution in [-0.2, 0) is 12.8 Å². The lowest BCUT2D eigenvalue weighted by Crippen LogP contribution is -2.22. The molecule has 2 aliphatic carbocycles. The molecule has 0 radical (unpaired) electrons. The Balaban J connectivity index is 1.90. The fourth-order valence-corrected chi connectivity index (χ4v) is 4.40. The molecule has 3 atom stereocenters. The Kier molecular flexibility index (Phi) is 3.66. The van der Waals surface area contributed by atoms with E-state index in [0.717, 1.165) is 30.6 Å². The van der Waals surface area contributed by atoms with Gasteiger partial charge in [0, 0.05) is 6.04 Å². The van der Waals surface area contributed by atoms with Crippen LogP contribution in [0.4, 0.5) is 0 Å². The molecule has 2 fully saturated rings. The lowest BCUT2D eigenvalue weighted by molar-refractivity contribution is 0.442. The third kappa shape index (κ3) is 2.23. The molecule has 2 saturated carbocycles. The van der Waals surface area contributed by atoms with Crippen LogP contribution in [0.5, 0.6) is 0 Å². The van der Waals surface area contributed by atoms with Crippen LogP contribution in [0.15, 0.2) is 18.2 Å². The van der Waals surface area contributed by atoms with Crippen molar-refractivity contribution in [1.29, 1.82) is 0 Å². The molecule has 0 aliphatic heterocycles. The van der Waals surface area contributed by atoms with Gasteiger partial charge in [-0.15, -0.1) is 0 Å². The van der Waals surface area contributed by atoms with Gasteiger partial charge in [-0.1, -0.05) is 38.5 Å². The van der Waals surface area contributed by atoms with Crippen LogP contribution in [0.1, 0.15) is 55.8 Å². The minimum absolute atomic E-state index is 0.594. The van der Waals surface area contributed by atoms with Gasteiger partial charge in [0.15, 0.2) is 0 Å². The first-order chi connectivity index (χ1) is 9.30. The number of fused-ring (bicyclic) bond motifs is 1. The summed E-state index contributed by atoms with van der Waals surface area (Å²) in [7, 11) is 2.15. The third-order valence-electron chi connectivity index (χ3n) is 5.50. The van der Waals surface area contributed by atoms with E-state index in [1.165, 1.54) is 24.8 Å². The van der Waals surface area contributed by atoms with Gasteiger partial charge >= 0.3 is 0 Å². The number of hydrogen-bond donors (Lipinski definition) is 1. The first kappa shape index (κ1) is 13.2. The fourth-order valence-electron chi connectivity index (χ4n) is 4.40. The largest absolute Gasteiger partial charge is 0.313 e. The molecule has 3 unspecified atom stereocenters. The molecular formula is C18H27N. The monoisotopic (exact) mass is 257 g/mol. The Labute approximate surface area is 117 Å². The Bertz CT molecular complexity index is 441. The van der Waals surface area contributed by atoms with Crippen molar-refractivity contribution in [1.82, 2.24) is 5.32 Å². The fraction of sp³-hybridized carbons (Fsp3) is 0.667. The van der Waals surface area contributed by atoms with Crippen LogP contribution < -0.4 is 5.32 Å². The highest BCUT2D eigenvalue weighted by atomic mass is 14.9. The Hall–Kier alpha value is -0.820. The normalized spacial score (nSPS) is 30.2. The van der Waals surface area contributed by atoms with Crippen molar-refractivity contribution in [3.05, 3.63) is 34.9 Å². The molecule has 1 heteroatoms. The number of rotatable bonds is 5. The van der Waals surface area contributed by atoms with Crippen LogP contribution in [0.2, 0.25) is 0 Å². The maximum atomic E-state index is 3.63. The lowest BCUT2D eigenvalue weighted by Gasteiger charge is -2.22. The van der Waals surface area contributed by atoms with Gasteiger partial charge in [0.1, 0.15) is 0 Å². The average molecular weight is 257 g/mol. The van der Waals surface area contributed by atoms with Gasteiger partial charge < -0.3 is 5.32 Å². The van der Waals surface area contributed by atoms with Gasteiger partial charge in [0.25, 0.3) is 0 Å². The standard InChI is InChI=1S/C18H27N/c1-4-12-9-10-13(5-2)16(11-12)18(19-3)17-14-7-6-8-15(14)17/h9-11,14-15,17-19H,4-8H2,1-3H3. The van der Waals surface area contributed by atoms with Crippen molar-refractivity contribution in [2.24, 2.45) is 17.8 Å². The predicted octanol–water partition coefficient (Wildman–Crippen LogP) is 4.12. The molecule has 1 N–H and O–H groups in total. The van der Waals surface area contributed by atoms with Crippen LogP contribution >= 0.6 is 0 Å². The Morgan fingerprint density at radius 2 is 1.89 bits per heavy atom. The van der Waals surface area contributed by atoms with E-state index in [4.69, 9.17) is 0 Å². The molecule has 0 amide bonds. The van der Waals surface area contributed by atoms with Crippen molar-refractivity contribution in [3.63, 3.8) is 0 Å². The van der Waals surface area contributed by atoms with Crippen LogP contribution in [0.3, 0.4) is 0 Å². The van der Waals surface area contributed by atoms with Gasteiger partial charge in [-0.2, -0.15) is 0 Å². The molecule has 1 nitrogen and oxygen atoms in total. The van der Waals surface area contributed by atoms with E-state index in [2.05, 4.69) is 44.4 Å². The summed E-state index contributed by atoms with van der Waals surface area (Å²) in [6.45, 7) is 4.54. The first-order valence-corrected chi connectivity index (χ1v) is 8.09. The molecule has 0 aromatic heterocycles.